The van der Waals surface area contributed by atoms with Crippen molar-refractivity contribution in [3.8, 4) is 0 Å². The quantitative estimate of drug-likeness (QED) is 0.911. The lowest BCUT2D eigenvalue weighted by Gasteiger charge is -2.09. The number of nitrogens with one attached hydrogen (secondary N) is 1. The molecule has 1 fully saturated rings. The van der Waals surface area contributed by atoms with E-state index in [1.807, 2.05) is 11.5 Å². The van der Waals surface area contributed by atoms with Crippen LogP contribution in [0.2, 0.25) is 0 Å². The summed E-state index contributed by atoms with van der Waals surface area (Å²) in [5, 5.41) is 10.4. The average Bonchev–Trinajstić information content (AvgIpc) is 3.24. The highest BCUT2D eigenvalue weighted by atomic mass is 19.4. The molecule has 0 bridgehead atoms. The summed E-state index contributed by atoms with van der Waals surface area (Å²) in [6, 6.07) is 5.22. The Morgan fingerprint density at radius 3 is 2.88 bits per heavy atom. The molecule has 1 saturated carbocycles. The molecule has 1 heterocycles. The molecule has 0 aliphatic heterocycles. The molecule has 24 heavy (non-hydrogen) atoms. The first-order chi connectivity index (χ1) is 11.4. The summed E-state index contributed by atoms with van der Waals surface area (Å²) in [6.45, 7) is 2.81. The van der Waals surface area contributed by atoms with Gasteiger partial charge in [0.2, 0.25) is 5.91 Å². The summed E-state index contributed by atoms with van der Waals surface area (Å²) >= 11 is 0. The minimum absolute atomic E-state index is 0.122. The first-order valence-electron chi connectivity index (χ1n) is 7.65. The maximum Gasteiger partial charge on any atom is 0.416 e. The minimum atomic E-state index is -4.36. The van der Waals surface area contributed by atoms with E-state index in [9.17, 15) is 18.0 Å². The van der Waals surface area contributed by atoms with Gasteiger partial charge in [-0.05, 0) is 30.9 Å². The summed E-state index contributed by atoms with van der Waals surface area (Å²) in [6.07, 6.45) is -2.19. The van der Waals surface area contributed by atoms with Crippen LogP contribution in [-0.2, 0) is 17.5 Å². The molecule has 2 aromatic rings. The van der Waals surface area contributed by atoms with Crippen LogP contribution in [0.4, 0.5) is 13.2 Å². The van der Waals surface area contributed by atoms with E-state index in [-0.39, 0.29) is 17.7 Å². The molecule has 1 aromatic heterocycles. The average molecular weight is 338 g/mol. The zero-order valence-corrected chi connectivity index (χ0v) is 13.0. The molecule has 2 atom stereocenters. The fourth-order valence-corrected chi connectivity index (χ4v) is 2.76. The van der Waals surface area contributed by atoms with E-state index in [2.05, 4.69) is 15.5 Å². The number of nitrogens with zero attached hydrogens (tertiary/aromatic N) is 3. The number of hydrogen-bond acceptors (Lipinski definition) is 3. The van der Waals surface area contributed by atoms with Gasteiger partial charge < -0.3 is 9.88 Å². The Morgan fingerprint density at radius 1 is 1.42 bits per heavy atom. The number of halogens is 3. The Hall–Kier alpha value is -2.38. The lowest BCUT2D eigenvalue weighted by Crippen LogP contribution is -2.29. The summed E-state index contributed by atoms with van der Waals surface area (Å²) in [7, 11) is 0. The van der Waals surface area contributed by atoms with Crippen LogP contribution in [0.5, 0.6) is 0 Å². The second-order valence-electron chi connectivity index (χ2n) is 5.93. The molecule has 5 nitrogen and oxygen atoms in total. The number of aryl methyl sites for hydroxylation is 1. The van der Waals surface area contributed by atoms with Crippen molar-refractivity contribution in [1.82, 2.24) is 20.1 Å². The molecular formula is C16H17F3N4O. The van der Waals surface area contributed by atoms with E-state index in [0.717, 1.165) is 18.0 Å². The van der Waals surface area contributed by atoms with Crippen LogP contribution >= 0.6 is 0 Å². The summed E-state index contributed by atoms with van der Waals surface area (Å²) in [5.74, 6) is 0.250. The third-order valence-corrected chi connectivity index (χ3v) is 4.23. The van der Waals surface area contributed by atoms with Gasteiger partial charge in [0, 0.05) is 19.0 Å². The van der Waals surface area contributed by atoms with Crippen molar-refractivity contribution in [2.75, 3.05) is 6.54 Å². The second-order valence-corrected chi connectivity index (χ2v) is 5.93. The Kier molecular flexibility index (Phi) is 4.29. The number of amides is 1. The van der Waals surface area contributed by atoms with Gasteiger partial charge in [-0.25, -0.2) is 0 Å². The second kappa shape index (κ2) is 6.26. The van der Waals surface area contributed by atoms with Crippen LogP contribution in [0.3, 0.4) is 0 Å². The summed E-state index contributed by atoms with van der Waals surface area (Å²) in [4.78, 5) is 12.1. The smallest absolute Gasteiger partial charge is 0.354 e. The molecule has 0 spiro atoms. The van der Waals surface area contributed by atoms with Crippen LogP contribution in [0, 0.1) is 12.8 Å². The highest BCUT2D eigenvalue weighted by Crippen LogP contribution is 2.48. The van der Waals surface area contributed by atoms with Crippen molar-refractivity contribution in [2.24, 2.45) is 5.92 Å². The van der Waals surface area contributed by atoms with Crippen molar-refractivity contribution in [3.05, 3.63) is 47.5 Å². The fourth-order valence-electron chi connectivity index (χ4n) is 2.76. The minimum Gasteiger partial charge on any atom is -0.354 e. The molecular weight excluding hydrogens is 321 g/mol. The van der Waals surface area contributed by atoms with Crippen molar-refractivity contribution >= 4 is 5.91 Å². The molecule has 3 rings (SSSR count). The van der Waals surface area contributed by atoms with E-state index in [1.54, 1.807) is 12.4 Å². The van der Waals surface area contributed by atoms with Gasteiger partial charge in [-0.15, -0.1) is 10.2 Å². The van der Waals surface area contributed by atoms with E-state index in [1.165, 1.54) is 6.07 Å². The number of carbonyl (C=O) groups is 1. The molecule has 1 aliphatic rings. The van der Waals surface area contributed by atoms with Crippen molar-refractivity contribution < 1.29 is 18.0 Å². The van der Waals surface area contributed by atoms with Crippen LogP contribution < -0.4 is 5.32 Å². The highest BCUT2D eigenvalue weighted by Gasteiger charge is 2.44. The standard InChI is InChI=1S/C16H17F3N4O/c1-10-22-21-9-23(10)6-5-20-15(24)14-8-13(14)11-3-2-4-12(7-11)16(17,18)19/h2-4,7,9,13-14H,5-6,8H2,1H3,(H,20,24)/t13-,14+/m1/s1. The number of benzene rings is 1. The lowest BCUT2D eigenvalue weighted by molar-refractivity contribution is -0.137. The SMILES string of the molecule is Cc1nncn1CCNC(=O)[C@H]1C[C@@H]1c1cccc(C(F)(F)F)c1. The molecule has 0 unspecified atom stereocenters. The maximum atomic E-state index is 12.7. The van der Waals surface area contributed by atoms with Crippen molar-refractivity contribution in [3.63, 3.8) is 0 Å². The van der Waals surface area contributed by atoms with Gasteiger partial charge in [-0.1, -0.05) is 18.2 Å². The number of carbonyl (C=O) groups excluding carboxylic acids is 1. The van der Waals surface area contributed by atoms with Crippen molar-refractivity contribution in [2.45, 2.75) is 32.0 Å². The van der Waals surface area contributed by atoms with Crippen LogP contribution in [0.1, 0.15) is 29.3 Å². The largest absolute Gasteiger partial charge is 0.416 e. The van der Waals surface area contributed by atoms with E-state index in [0.29, 0.717) is 25.1 Å². The van der Waals surface area contributed by atoms with Gasteiger partial charge in [-0.2, -0.15) is 13.2 Å². The fraction of sp³-hybridized carbons (Fsp3) is 0.438. The van der Waals surface area contributed by atoms with E-state index >= 15 is 0 Å². The summed E-state index contributed by atoms with van der Waals surface area (Å²) < 4.78 is 40.1. The Balaban J connectivity index is 1.53. The van der Waals surface area contributed by atoms with E-state index in [4.69, 9.17) is 0 Å². The van der Waals surface area contributed by atoms with Crippen molar-refractivity contribution in [1.29, 1.82) is 0 Å². The van der Waals surface area contributed by atoms with Gasteiger partial charge in [0.1, 0.15) is 12.2 Å². The van der Waals surface area contributed by atoms with Gasteiger partial charge in [0.05, 0.1) is 5.56 Å². The number of alkyl halides is 3. The lowest BCUT2D eigenvalue weighted by atomic mass is 10.1. The molecule has 1 aliphatic carbocycles. The monoisotopic (exact) mass is 338 g/mol. The molecule has 8 heteroatoms. The molecule has 1 N–H and O–H groups in total. The Bertz CT molecular complexity index is 741. The van der Waals surface area contributed by atoms with Crippen LogP contribution in [-0.4, -0.2) is 27.2 Å². The first kappa shape index (κ1) is 16.5. The molecule has 1 amide bonds. The van der Waals surface area contributed by atoms with Crippen LogP contribution in [0.15, 0.2) is 30.6 Å². The number of aromatic nitrogens is 3. The van der Waals surface area contributed by atoms with E-state index < -0.39 is 11.7 Å². The predicted molar refractivity (Wildman–Crippen MR) is 80.1 cm³/mol. The number of rotatable bonds is 5. The molecule has 0 saturated heterocycles. The highest BCUT2D eigenvalue weighted by molar-refractivity contribution is 5.82. The van der Waals surface area contributed by atoms with Gasteiger partial charge >= 0.3 is 6.18 Å². The molecule has 1 aromatic carbocycles. The summed E-state index contributed by atoms with van der Waals surface area (Å²) in [5.41, 5.74) is -0.103. The Morgan fingerprint density at radius 2 is 2.21 bits per heavy atom. The maximum absolute atomic E-state index is 12.7. The van der Waals surface area contributed by atoms with Gasteiger partial charge in [0.15, 0.2) is 0 Å². The van der Waals surface area contributed by atoms with Gasteiger partial charge in [-0.3, -0.25) is 4.79 Å². The van der Waals surface area contributed by atoms with Crippen LogP contribution in [0.25, 0.3) is 0 Å². The molecule has 128 valence electrons. The zero-order valence-electron chi connectivity index (χ0n) is 13.0. The number of hydrogen-bond donors (Lipinski definition) is 1. The van der Waals surface area contributed by atoms with Gasteiger partial charge in [0.25, 0.3) is 0 Å². The third-order valence-electron chi connectivity index (χ3n) is 4.23. The zero-order chi connectivity index (χ0) is 17.3. The molecule has 0 radical (unpaired) electrons. The Labute approximate surface area is 136 Å². The topological polar surface area (TPSA) is 59.8 Å². The predicted octanol–water partition coefficient (Wildman–Crippen LogP) is 2.53. The normalized spacial score (nSPS) is 20.0. The third kappa shape index (κ3) is 3.58. The first-order valence-corrected chi connectivity index (χ1v) is 7.65.